The van der Waals surface area contributed by atoms with E-state index >= 15 is 0 Å². The molecule has 0 saturated carbocycles. The minimum absolute atomic E-state index is 0. The van der Waals surface area contributed by atoms with Crippen LogP contribution in [0, 0.1) is 6.08 Å². The molecule has 1 aliphatic rings. The third-order valence-electron chi connectivity index (χ3n) is 0.586. The first-order chi connectivity index (χ1) is 3.50. The topological polar surface area (TPSA) is 20.2 Å². The molecule has 0 amide bonds. The van der Waals surface area contributed by atoms with Gasteiger partial charge in [0.1, 0.15) is 0 Å². The van der Waals surface area contributed by atoms with Crippen LogP contribution in [0.4, 0.5) is 0 Å². The van der Waals surface area contributed by atoms with Crippen molar-refractivity contribution in [3.63, 3.8) is 0 Å². The molecule has 1 aliphatic carbocycles. The Morgan fingerprint density at radius 3 is 1.90 bits per heavy atom. The van der Waals surface area contributed by atoms with E-state index in [-0.39, 0.29) is 51.0 Å². The maximum Gasteiger partial charge on any atom is 3.00 e. The van der Waals surface area contributed by atoms with Gasteiger partial charge in [-0.1, -0.05) is 0 Å². The first-order valence-corrected chi connectivity index (χ1v) is 2.16. The largest absolute Gasteiger partial charge is 3.00 e. The molecule has 1 radical (unpaired) electrons. The standard InChI is InChI=1S/C5H5.CH4O.2ClH.Zr/c1-2-4-5-3-1;1-2;;;/h1-3H,4H2;2H,1H3;2*1H;/q-1;;;;+3/p-2. The molecule has 0 aliphatic heterocycles. The number of aliphatic hydroxyl groups is 1. The molecule has 4 heteroatoms. The zero-order valence-corrected chi connectivity index (χ0v) is 9.61. The van der Waals surface area contributed by atoms with Crippen LogP contribution in [0.15, 0.2) is 18.2 Å². The number of hydrogen-bond donors (Lipinski definition) is 1. The molecule has 10 heavy (non-hydrogen) atoms. The second-order valence-electron chi connectivity index (χ2n) is 1.00. The van der Waals surface area contributed by atoms with Crippen LogP contribution in [-0.2, 0) is 26.2 Å². The summed E-state index contributed by atoms with van der Waals surface area (Å²) < 4.78 is 0. The molecule has 0 aromatic carbocycles. The molecule has 0 atom stereocenters. The quantitative estimate of drug-likeness (QED) is 0.432. The van der Waals surface area contributed by atoms with Gasteiger partial charge in [0.15, 0.2) is 0 Å². The van der Waals surface area contributed by atoms with E-state index in [1.165, 1.54) is 0 Å². The average Bonchev–Trinajstić information content (AvgIpc) is 2.23. The second kappa shape index (κ2) is 22.5. The molecule has 0 unspecified atom stereocenters. The molecular weight excluding hydrogens is 250 g/mol. The summed E-state index contributed by atoms with van der Waals surface area (Å²) in [5, 5.41) is 7.00. The van der Waals surface area contributed by atoms with Crippen molar-refractivity contribution in [3.05, 3.63) is 24.3 Å². The van der Waals surface area contributed by atoms with E-state index in [1.54, 1.807) is 0 Å². The van der Waals surface area contributed by atoms with Gasteiger partial charge in [-0.3, -0.25) is 6.08 Å². The predicted molar refractivity (Wildman–Crippen MR) is 29.7 cm³/mol. The summed E-state index contributed by atoms with van der Waals surface area (Å²) in [4.78, 5) is 0. The van der Waals surface area contributed by atoms with Crippen molar-refractivity contribution < 1.29 is 56.1 Å². The van der Waals surface area contributed by atoms with Gasteiger partial charge >= 0.3 is 26.2 Å². The number of hydrogen-bond acceptors (Lipinski definition) is 1. The summed E-state index contributed by atoms with van der Waals surface area (Å²) >= 11 is 0. The van der Waals surface area contributed by atoms with Gasteiger partial charge in [-0.15, -0.1) is 6.42 Å². The Morgan fingerprint density at radius 1 is 1.30 bits per heavy atom. The second-order valence-corrected chi connectivity index (χ2v) is 1.00. The Balaban J connectivity index is -0.0000000337. The fraction of sp³-hybridized carbons (Fsp3) is 0.333. The van der Waals surface area contributed by atoms with Gasteiger partial charge in [0, 0.05) is 7.11 Å². The minimum Gasteiger partial charge on any atom is -1.00 e. The average molecular weight is 259 g/mol. The van der Waals surface area contributed by atoms with E-state index in [4.69, 9.17) is 5.11 Å². The zero-order valence-electron chi connectivity index (χ0n) is 5.64. The van der Waals surface area contributed by atoms with Gasteiger partial charge < -0.3 is 29.9 Å². The van der Waals surface area contributed by atoms with Gasteiger partial charge in [0.2, 0.25) is 0 Å². The van der Waals surface area contributed by atoms with E-state index in [0.29, 0.717) is 0 Å². The smallest absolute Gasteiger partial charge is 1.00 e. The number of halogens is 2. The third kappa shape index (κ3) is 16.0. The van der Waals surface area contributed by atoms with Gasteiger partial charge in [0.25, 0.3) is 0 Å². The molecule has 1 N–H and O–H groups in total. The Bertz CT molecular complexity index is 73.8. The van der Waals surface area contributed by atoms with Crippen molar-refractivity contribution in [3.8, 4) is 0 Å². The zero-order chi connectivity index (χ0) is 5.54. The normalized spacial score (nSPS) is 9.40. The maximum atomic E-state index is 7.00. The monoisotopic (exact) mass is 257 g/mol. The fourth-order valence-electron chi connectivity index (χ4n) is 0.340. The fourth-order valence-corrected chi connectivity index (χ4v) is 0.340. The molecule has 0 saturated heterocycles. The van der Waals surface area contributed by atoms with E-state index in [0.717, 1.165) is 13.5 Å². The molecule has 1 nitrogen and oxygen atoms in total. The van der Waals surface area contributed by atoms with Gasteiger partial charge in [-0.25, -0.2) is 12.2 Å². The van der Waals surface area contributed by atoms with Crippen LogP contribution in [0.1, 0.15) is 6.42 Å². The summed E-state index contributed by atoms with van der Waals surface area (Å²) in [5.74, 6) is 0. The first kappa shape index (κ1) is 22.4. The van der Waals surface area contributed by atoms with Gasteiger partial charge in [-0.05, 0) is 0 Å². The first-order valence-electron chi connectivity index (χ1n) is 2.16. The van der Waals surface area contributed by atoms with Crippen LogP contribution in [0.5, 0.6) is 0 Å². The Morgan fingerprint density at radius 2 is 1.80 bits per heavy atom. The summed E-state index contributed by atoms with van der Waals surface area (Å²) in [6, 6.07) is 0. The van der Waals surface area contributed by atoms with Crippen LogP contribution >= 0.6 is 0 Å². The summed E-state index contributed by atoms with van der Waals surface area (Å²) in [5.41, 5.74) is 0. The summed E-state index contributed by atoms with van der Waals surface area (Å²) in [6.07, 6.45) is 10.0. The van der Waals surface area contributed by atoms with Crippen molar-refractivity contribution in [2.24, 2.45) is 0 Å². The molecule has 0 fully saturated rings. The van der Waals surface area contributed by atoms with Crippen molar-refractivity contribution in [1.29, 1.82) is 0 Å². The summed E-state index contributed by atoms with van der Waals surface area (Å²) in [7, 11) is 1.00. The van der Waals surface area contributed by atoms with Crippen molar-refractivity contribution in [2.75, 3.05) is 7.11 Å². The minimum atomic E-state index is 0. The molecule has 0 aromatic rings. The number of rotatable bonds is 0. The predicted octanol–water partition coefficient (Wildman–Crippen LogP) is -5.08. The molecular formula is C6H9Cl2OZr. The molecule has 57 valence electrons. The SMILES string of the molecule is CO.[C-]1=CC=CC1.[Cl-].[Cl-].[Zr+3]. The number of allylic oxidation sites excluding steroid dienone is 4. The Kier molecular flexibility index (Phi) is 50.5. The van der Waals surface area contributed by atoms with Crippen LogP contribution < -0.4 is 24.8 Å². The van der Waals surface area contributed by atoms with Crippen molar-refractivity contribution in [2.45, 2.75) is 6.42 Å². The third-order valence-corrected chi connectivity index (χ3v) is 0.586. The van der Waals surface area contributed by atoms with Crippen LogP contribution in [0.2, 0.25) is 0 Å². The maximum absolute atomic E-state index is 7.00. The van der Waals surface area contributed by atoms with Crippen LogP contribution in [0.25, 0.3) is 0 Å². The van der Waals surface area contributed by atoms with Crippen LogP contribution in [-0.4, -0.2) is 12.2 Å². The number of aliphatic hydroxyl groups excluding tert-OH is 1. The molecule has 1 rings (SSSR count). The molecule has 0 aromatic heterocycles. The molecule has 0 heterocycles. The van der Waals surface area contributed by atoms with Crippen LogP contribution in [0.3, 0.4) is 0 Å². The molecule has 0 spiro atoms. The van der Waals surface area contributed by atoms with Gasteiger partial charge in [-0.2, -0.15) is 6.08 Å². The van der Waals surface area contributed by atoms with E-state index in [2.05, 4.69) is 12.2 Å². The van der Waals surface area contributed by atoms with E-state index < -0.39 is 0 Å². The molecule has 0 bridgehead atoms. The van der Waals surface area contributed by atoms with E-state index in [9.17, 15) is 0 Å². The van der Waals surface area contributed by atoms with E-state index in [1.807, 2.05) is 12.2 Å². The summed E-state index contributed by atoms with van der Waals surface area (Å²) in [6.45, 7) is 0. The van der Waals surface area contributed by atoms with Crippen molar-refractivity contribution in [1.82, 2.24) is 0 Å². The van der Waals surface area contributed by atoms with Gasteiger partial charge in [0.05, 0.1) is 0 Å². The van der Waals surface area contributed by atoms with Crippen molar-refractivity contribution >= 4 is 0 Å². The Labute approximate surface area is 93.5 Å². The Hall–Kier alpha value is 0.903.